The predicted molar refractivity (Wildman–Crippen MR) is 112 cm³/mol. The van der Waals surface area contributed by atoms with Crippen molar-refractivity contribution in [3.63, 3.8) is 0 Å². The molecule has 1 aliphatic carbocycles. The van der Waals surface area contributed by atoms with Crippen LogP contribution in [-0.4, -0.2) is 61.8 Å². The highest BCUT2D eigenvalue weighted by molar-refractivity contribution is 5.95. The number of likely N-dealkylation sites (tertiary alicyclic amines) is 1. The monoisotopic (exact) mass is 422 g/mol. The van der Waals surface area contributed by atoms with E-state index in [2.05, 4.69) is 25.4 Å². The number of allylic oxidation sites excluding steroid dienone is 1. The van der Waals surface area contributed by atoms with E-state index in [-0.39, 0.29) is 18.1 Å². The molecule has 4 heterocycles. The van der Waals surface area contributed by atoms with Gasteiger partial charge in [0.25, 0.3) is 0 Å². The van der Waals surface area contributed by atoms with Crippen molar-refractivity contribution in [3.8, 4) is 0 Å². The third kappa shape index (κ3) is 3.56. The van der Waals surface area contributed by atoms with Crippen LogP contribution in [0, 0.1) is 5.92 Å². The molecule has 5 rings (SSSR count). The second kappa shape index (κ2) is 7.77. The largest absolute Gasteiger partial charge is 0.403 e. The van der Waals surface area contributed by atoms with Gasteiger partial charge in [-0.3, -0.25) is 19.6 Å². The van der Waals surface area contributed by atoms with Crippen molar-refractivity contribution in [2.75, 3.05) is 25.0 Å². The number of carbonyl (C=O) groups is 2. The zero-order valence-corrected chi connectivity index (χ0v) is 17.3. The van der Waals surface area contributed by atoms with E-state index in [9.17, 15) is 9.59 Å². The number of fused-ring (bicyclic) bond motifs is 2. The standard InChI is InChI=1S/C21H26N8O2/c22-7-17(12-30)29-10-15-9-24-20(23-8-14-1-2-14)26-18(15)21(19(29)31)4-6-28(13-21)11-16-3-5-25-27-16/h3,5,7,9,12,14H,1-2,4,6,8,10-11,13,22H2,(H,25,27)(H,23,24,26). The fraction of sp³-hybridized carbons (Fsp3) is 0.476. The van der Waals surface area contributed by atoms with Crippen LogP contribution in [0.25, 0.3) is 0 Å². The minimum atomic E-state index is -0.843. The molecule has 10 heteroatoms. The molecule has 2 fully saturated rings. The molecule has 1 saturated heterocycles. The molecular weight excluding hydrogens is 396 g/mol. The molecule has 1 saturated carbocycles. The summed E-state index contributed by atoms with van der Waals surface area (Å²) in [6.07, 6.45) is 8.38. The number of hydrogen-bond acceptors (Lipinski definition) is 8. The SMILES string of the molecule is NC=C(C=O)N1Cc2cnc(NCC3CC3)nc2C2(CCN(Cc3ccn[nH]3)C2)C1=O. The molecule has 31 heavy (non-hydrogen) atoms. The van der Waals surface area contributed by atoms with Crippen LogP contribution in [0.2, 0.25) is 0 Å². The van der Waals surface area contributed by atoms with Gasteiger partial charge in [0.05, 0.1) is 17.9 Å². The summed E-state index contributed by atoms with van der Waals surface area (Å²) in [5.74, 6) is 1.11. The predicted octanol–water partition coefficient (Wildman–Crippen LogP) is 0.506. The van der Waals surface area contributed by atoms with Crippen LogP contribution in [0.3, 0.4) is 0 Å². The van der Waals surface area contributed by atoms with Gasteiger partial charge < -0.3 is 16.0 Å². The Bertz CT molecular complexity index is 1020. The van der Waals surface area contributed by atoms with Crippen molar-refractivity contribution in [2.24, 2.45) is 11.7 Å². The van der Waals surface area contributed by atoms with Gasteiger partial charge in [-0.05, 0) is 31.2 Å². The normalized spacial score (nSPS) is 23.9. The second-order valence-corrected chi connectivity index (χ2v) is 8.62. The van der Waals surface area contributed by atoms with Crippen LogP contribution in [0.1, 0.15) is 36.2 Å². The second-order valence-electron chi connectivity index (χ2n) is 8.62. The highest BCUT2D eigenvalue weighted by Crippen LogP contribution is 2.42. The number of aromatic nitrogens is 4. The van der Waals surface area contributed by atoms with Crippen LogP contribution >= 0.6 is 0 Å². The number of anilines is 1. The maximum absolute atomic E-state index is 13.7. The molecule has 1 unspecified atom stereocenters. The summed E-state index contributed by atoms with van der Waals surface area (Å²) in [6.45, 7) is 2.99. The van der Waals surface area contributed by atoms with E-state index in [0.717, 1.165) is 30.0 Å². The first kappa shape index (κ1) is 19.7. The van der Waals surface area contributed by atoms with Crippen LogP contribution in [0.15, 0.2) is 30.4 Å². The summed E-state index contributed by atoms with van der Waals surface area (Å²) >= 11 is 0. The molecule has 0 radical (unpaired) electrons. The first-order valence-electron chi connectivity index (χ1n) is 10.6. The first-order valence-corrected chi connectivity index (χ1v) is 10.6. The van der Waals surface area contributed by atoms with E-state index in [4.69, 9.17) is 10.7 Å². The minimum Gasteiger partial charge on any atom is -0.403 e. The number of carbonyl (C=O) groups excluding carboxylic acids is 2. The summed E-state index contributed by atoms with van der Waals surface area (Å²) in [4.78, 5) is 38.3. The number of nitrogens with one attached hydrogen (secondary N) is 2. The van der Waals surface area contributed by atoms with E-state index in [1.54, 1.807) is 12.4 Å². The third-order valence-electron chi connectivity index (χ3n) is 6.45. The number of aromatic amines is 1. The molecule has 1 spiro atoms. The summed E-state index contributed by atoms with van der Waals surface area (Å²) in [6, 6.07) is 1.93. The smallest absolute Gasteiger partial charge is 0.241 e. The van der Waals surface area contributed by atoms with Crippen molar-refractivity contribution in [3.05, 3.63) is 47.3 Å². The molecule has 3 aliphatic rings. The van der Waals surface area contributed by atoms with Crippen molar-refractivity contribution in [1.29, 1.82) is 0 Å². The number of rotatable bonds is 7. The van der Waals surface area contributed by atoms with Gasteiger partial charge in [-0.2, -0.15) is 5.10 Å². The van der Waals surface area contributed by atoms with E-state index < -0.39 is 5.41 Å². The Labute approximate surface area is 179 Å². The zero-order valence-electron chi connectivity index (χ0n) is 17.3. The molecule has 162 valence electrons. The Morgan fingerprint density at radius 3 is 3.00 bits per heavy atom. The van der Waals surface area contributed by atoms with Crippen LogP contribution in [0.4, 0.5) is 5.95 Å². The Hall–Kier alpha value is -3.27. The number of nitrogens with two attached hydrogens (primary N) is 1. The maximum atomic E-state index is 13.7. The van der Waals surface area contributed by atoms with E-state index in [1.807, 2.05) is 6.07 Å². The Balaban J connectivity index is 1.50. The van der Waals surface area contributed by atoms with E-state index >= 15 is 0 Å². The molecular formula is C21H26N8O2. The van der Waals surface area contributed by atoms with Gasteiger partial charge in [0.1, 0.15) is 5.41 Å². The molecule has 2 aliphatic heterocycles. The highest BCUT2D eigenvalue weighted by atomic mass is 16.2. The topological polar surface area (TPSA) is 133 Å². The van der Waals surface area contributed by atoms with Gasteiger partial charge in [-0.25, -0.2) is 9.97 Å². The molecule has 1 atom stereocenters. The van der Waals surface area contributed by atoms with Gasteiger partial charge in [-0.1, -0.05) is 0 Å². The Morgan fingerprint density at radius 1 is 1.42 bits per heavy atom. The first-order chi connectivity index (χ1) is 15.1. The summed E-state index contributed by atoms with van der Waals surface area (Å²) < 4.78 is 0. The molecule has 1 amide bonds. The zero-order chi connectivity index (χ0) is 21.4. The summed E-state index contributed by atoms with van der Waals surface area (Å²) in [7, 11) is 0. The van der Waals surface area contributed by atoms with Gasteiger partial charge >= 0.3 is 0 Å². The van der Waals surface area contributed by atoms with Crippen molar-refractivity contribution >= 4 is 18.1 Å². The Kier molecular flexibility index (Phi) is 4.93. The number of aldehydes is 1. The summed E-state index contributed by atoms with van der Waals surface area (Å²) in [5.41, 5.74) is 7.57. The average Bonchev–Trinajstić information content (AvgIpc) is 3.30. The fourth-order valence-electron chi connectivity index (χ4n) is 4.59. The number of amides is 1. The van der Waals surface area contributed by atoms with Gasteiger partial charge in [-0.15, -0.1) is 0 Å². The number of nitrogens with zero attached hydrogens (tertiary/aromatic N) is 5. The summed E-state index contributed by atoms with van der Waals surface area (Å²) in [5, 5.41) is 10.3. The van der Waals surface area contributed by atoms with Crippen LogP contribution in [0.5, 0.6) is 0 Å². The molecule has 4 N–H and O–H groups in total. The molecule has 2 aromatic rings. The molecule has 0 bridgehead atoms. The lowest BCUT2D eigenvalue weighted by molar-refractivity contribution is -0.138. The maximum Gasteiger partial charge on any atom is 0.241 e. The van der Waals surface area contributed by atoms with Crippen molar-refractivity contribution < 1.29 is 9.59 Å². The average molecular weight is 422 g/mol. The fourth-order valence-corrected chi connectivity index (χ4v) is 4.59. The van der Waals surface area contributed by atoms with Crippen LogP contribution < -0.4 is 11.1 Å². The van der Waals surface area contributed by atoms with Gasteiger partial charge in [0.2, 0.25) is 11.9 Å². The quantitative estimate of drug-likeness (QED) is 0.434. The highest BCUT2D eigenvalue weighted by Gasteiger charge is 2.53. The number of H-pyrrole nitrogens is 1. The van der Waals surface area contributed by atoms with E-state index in [0.29, 0.717) is 37.7 Å². The van der Waals surface area contributed by atoms with E-state index in [1.165, 1.54) is 23.9 Å². The van der Waals surface area contributed by atoms with Crippen molar-refractivity contribution in [1.82, 2.24) is 30.0 Å². The lowest BCUT2D eigenvalue weighted by Gasteiger charge is -2.39. The van der Waals surface area contributed by atoms with Gasteiger partial charge in [0, 0.05) is 56.0 Å². The third-order valence-corrected chi connectivity index (χ3v) is 6.45. The van der Waals surface area contributed by atoms with Crippen LogP contribution in [-0.2, 0) is 28.1 Å². The van der Waals surface area contributed by atoms with Gasteiger partial charge in [0.15, 0.2) is 6.29 Å². The van der Waals surface area contributed by atoms with Crippen molar-refractivity contribution in [2.45, 2.75) is 37.8 Å². The number of hydrogen-bond donors (Lipinski definition) is 3. The lowest BCUT2D eigenvalue weighted by Crippen LogP contribution is -2.53. The lowest BCUT2D eigenvalue weighted by atomic mass is 9.77. The molecule has 2 aromatic heterocycles. The minimum absolute atomic E-state index is 0.136. The molecule has 10 nitrogen and oxygen atoms in total. The Morgan fingerprint density at radius 2 is 2.29 bits per heavy atom. The molecule has 0 aromatic carbocycles.